The number of nitrogens with two attached hydrogens (primary N) is 1. The van der Waals surface area contributed by atoms with E-state index in [0.29, 0.717) is 22.9 Å². The topological polar surface area (TPSA) is 311 Å². The van der Waals surface area contributed by atoms with Crippen molar-refractivity contribution in [1.29, 1.82) is 0 Å². The van der Waals surface area contributed by atoms with Crippen molar-refractivity contribution < 1.29 is 68.5 Å². The highest BCUT2D eigenvalue weighted by Gasteiger charge is 2.52. The summed E-state index contributed by atoms with van der Waals surface area (Å²) in [4.78, 5) is 70.3. The predicted octanol–water partition coefficient (Wildman–Crippen LogP) is 2.03. The Bertz CT molecular complexity index is 2330. The molecule has 2 aliphatic carbocycles. The van der Waals surface area contributed by atoms with E-state index in [2.05, 4.69) is 26.1 Å². The number of fused-ring (bicyclic) bond motifs is 3. The van der Waals surface area contributed by atoms with Crippen LogP contribution in [0.15, 0.2) is 41.6 Å². The molecule has 1 fully saturated rings. The molecule has 3 aliphatic rings. The van der Waals surface area contributed by atoms with Crippen molar-refractivity contribution in [3.05, 3.63) is 75.6 Å². The molecule has 2 heterocycles. The van der Waals surface area contributed by atoms with Crippen LogP contribution in [0, 0.1) is 0 Å². The van der Waals surface area contributed by atoms with Gasteiger partial charge in [0, 0.05) is 46.7 Å². The molecule has 1 saturated heterocycles. The van der Waals surface area contributed by atoms with Crippen LogP contribution in [0.3, 0.4) is 0 Å². The van der Waals surface area contributed by atoms with E-state index in [-0.39, 0.29) is 52.8 Å². The Kier molecular flexibility index (Phi) is 15.1. The van der Waals surface area contributed by atoms with Gasteiger partial charge in [0.15, 0.2) is 16.7 Å². The van der Waals surface area contributed by atoms with Crippen molar-refractivity contribution in [2.75, 3.05) is 43.8 Å². The van der Waals surface area contributed by atoms with Gasteiger partial charge >= 0.3 is 12.2 Å². The quantitative estimate of drug-likeness (QED) is 0.0206. The number of Topliss-reactive ketones (excluding diaryl/α,β-unsaturated/α-hetero) is 1. The van der Waals surface area contributed by atoms with Gasteiger partial charge in [0.05, 0.1) is 54.0 Å². The highest BCUT2D eigenvalue weighted by atomic mass is 33.1. The minimum Gasteiger partial charge on any atom is -0.507 e. The first-order chi connectivity index (χ1) is 30.1. The number of hydrogen-bond donors (Lipinski definition) is 9. The Balaban J connectivity index is 1.07. The normalized spacial score (nSPS) is 22.6. The number of amides is 2. The molecular weight excluding hydrogens is 885 g/mol. The number of nitrogens with zero attached hydrogens (tertiary/aromatic N) is 2. The maximum absolute atomic E-state index is 14.0. The number of ether oxygens (including phenoxy) is 4. The first-order valence-corrected chi connectivity index (χ1v) is 22.2. The van der Waals surface area contributed by atoms with Crippen molar-refractivity contribution in [3.8, 4) is 17.2 Å². The number of carbonyl (C=O) groups excluding carboxylic acids is 5. The molecule has 1 aromatic heterocycles. The summed E-state index contributed by atoms with van der Waals surface area (Å²) in [6.07, 6.45) is -3.33. The third kappa shape index (κ3) is 10.1. The molecule has 0 bridgehead atoms. The zero-order valence-corrected chi connectivity index (χ0v) is 36.1. The lowest BCUT2D eigenvalue weighted by Gasteiger charge is -2.46. The number of hydrazone groups is 1. The first kappa shape index (κ1) is 46.9. The number of anilines is 1. The van der Waals surface area contributed by atoms with Crippen molar-refractivity contribution >= 4 is 80.4 Å². The summed E-state index contributed by atoms with van der Waals surface area (Å²) in [5, 5.41) is 65.2. The lowest BCUT2D eigenvalue weighted by Crippen LogP contribution is -2.57. The van der Waals surface area contributed by atoms with Gasteiger partial charge in [0.2, 0.25) is 5.78 Å². The maximum atomic E-state index is 14.0. The van der Waals surface area contributed by atoms with Crippen molar-refractivity contribution in [2.45, 2.75) is 62.1 Å². The van der Waals surface area contributed by atoms with E-state index < -0.39 is 107 Å². The van der Waals surface area contributed by atoms with E-state index in [9.17, 15) is 49.5 Å². The molecular formula is C40H44N6O14S3. The highest BCUT2D eigenvalue weighted by Crippen LogP contribution is 2.54. The molecule has 10 N–H and O–H groups in total. The van der Waals surface area contributed by atoms with Gasteiger partial charge in [-0.2, -0.15) is 5.10 Å². The van der Waals surface area contributed by atoms with E-state index in [1.54, 1.807) is 12.1 Å². The number of phenolic OH excluding ortho intramolecular Hbond substituents is 2. The molecule has 6 atom stereocenters. The summed E-state index contributed by atoms with van der Waals surface area (Å²) in [5.74, 6) is -4.41. The molecule has 63 heavy (non-hydrogen) atoms. The number of benzene rings is 2. The van der Waals surface area contributed by atoms with Crippen molar-refractivity contribution in [1.82, 2.24) is 15.7 Å². The Morgan fingerprint density at radius 1 is 1.05 bits per heavy atom. The second-order valence-electron chi connectivity index (χ2n) is 14.5. The van der Waals surface area contributed by atoms with Crippen LogP contribution >= 0.6 is 33.8 Å². The molecule has 23 heteroatoms. The number of rotatable bonds is 15. The fourth-order valence-electron chi connectivity index (χ4n) is 7.81. The van der Waals surface area contributed by atoms with Gasteiger partial charge in [-0.25, -0.2) is 9.59 Å². The van der Waals surface area contributed by atoms with Crippen molar-refractivity contribution in [2.24, 2.45) is 10.8 Å². The van der Waals surface area contributed by atoms with E-state index in [1.807, 2.05) is 0 Å². The molecule has 1 aliphatic heterocycles. The van der Waals surface area contributed by atoms with Gasteiger partial charge in [0.1, 0.15) is 54.5 Å². The van der Waals surface area contributed by atoms with E-state index in [1.165, 1.54) is 66.2 Å². The van der Waals surface area contributed by atoms with E-state index in [4.69, 9.17) is 36.9 Å². The number of aliphatic hydroxyl groups is 3. The number of phenols is 2. The van der Waals surface area contributed by atoms with E-state index >= 15 is 0 Å². The van der Waals surface area contributed by atoms with Gasteiger partial charge < -0.3 is 55.5 Å². The number of alkyl carbamates (subject to hydrolysis) is 1. The summed E-state index contributed by atoms with van der Waals surface area (Å²) in [5.41, 5.74) is 4.57. The SMILES string of the molecule is COc1cccc2c1C(=O)c1c(O)c3c(c(O)c1C2=O)CC(O)(C(=O)CO)C[C@H]3C1CC(NC(=O)OCCSSCCOC(=O)Nc2cccnc2/C=N/NC(N)=S)C(O)C(C)O1. The monoisotopic (exact) mass is 928 g/mol. The first-order valence-electron chi connectivity index (χ1n) is 19.3. The van der Waals surface area contributed by atoms with Crippen LogP contribution in [-0.4, -0.2) is 140 Å². The third-order valence-corrected chi connectivity index (χ3v) is 13.1. The average Bonchev–Trinajstić information content (AvgIpc) is 3.25. The van der Waals surface area contributed by atoms with E-state index in [0.717, 1.165) is 0 Å². The average molecular weight is 929 g/mol. The Hall–Kier alpha value is -5.56. The minimum atomic E-state index is -2.32. The van der Waals surface area contributed by atoms with Crippen LogP contribution in [-0.2, 0) is 25.4 Å². The summed E-state index contributed by atoms with van der Waals surface area (Å²) in [6, 6.07) is 6.52. The van der Waals surface area contributed by atoms with Gasteiger partial charge in [-0.15, -0.1) is 0 Å². The number of carbonyl (C=O) groups is 5. The number of pyridine rings is 1. The van der Waals surface area contributed by atoms with Crippen LogP contribution < -0.4 is 26.5 Å². The number of aromatic hydroxyl groups is 2. The van der Waals surface area contributed by atoms with Crippen LogP contribution in [0.5, 0.6) is 17.2 Å². The Morgan fingerprint density at radius 3 is 2.43 bits per heavy atom. The third-order valence-electron chi connectivity index (χ3n) is 10.7. The number of thiocarbonyl (C=S) groups is 1. The molecule has 3 aromatic rings. The second kappa shape index (κ2) is 20.3. The summed E-state index contributed by atoms with van der Waals surface area (Å²) in [7, 11) is 4.02. The number of aromatic nitrogens is 1. The second-order valence-corrected chi connectivity index (χ2v) is 17.7. The fourth-order valence-corrected chi connectivity index (χ4v) is 9.52. The number of methoxy groups -OCH3 is 1. The van der Waals surface area contributed by atoms with Crippen LogP contribution in [0.2, 0.25) is 0 Å². The number of hydrogen-bond acceptors (Lipinski definition) is 19. The van der Waals surface area contributed by atoms with Crippen molar-refractivity contribution in [3.63, 3.8) is 0 Å². The zero-order valence-electron chi connectivity index (χ0n) is 33.7. The maximum Gasteiger partial charge on any atom is 0.411 e. The lowest BCUT2D eigenvalue weighted by atomic mass is 9.66. The van der Waals surface area contributed by atoms with Gasteiger partial charge in [0.25, 0.3) is 0 Å². The smallest absolute Gasteiger partial charge is 0.411 e. The molecule has 2 aromatic carbocycles. The molecule has 0 radical (unpaired) electrons. The molecule has 5 unspecified atom stereocenters. The van der Waals surface area contributed by atoms with Gasteiger partial charge in [-0.3, -0.25) is 30.1 Å². The predicted molar refractivity (Wildman–Crippen MR) is 233 cm³/mol. The number of nitrogens with one attached hydrogen (secondary N) is 3. The standard InChI is InChI=1S/C40H44N6O14S3/c1-18-32(49)23(45-39(55)59-10-12-63-62-11-9-58-38(54)44-22-6-4-8-42-24(22)16-43-46-37(41)61)13-26(60-18)20-14-40(56,27(48)17-47)15-21-28(20)35(52)31-30(34(21)51)33(50)19-5-3-7-25(57-2)29(19)36(31)53/h3-8,16,18,20,23,26,32,47,49,51-52,56H,9-15,17H2,1-2H3,(H,44,54)(H,45,55)(H3,41,46,61)/b43-16+/t18?,20-,23?,26?,32?,40?/m0/s1. The molecule has 336 valence electrons. The zero-order chi connectivity index (χ0) is 45.6. The molecule has 2 amide bonds. The molecule has 0 saturated carbocycles. The lowest BCUT2D eigenvalue weighted by molar-refractivity contribution is -0.151. The Morgan fingerprint density at radius 2 is 1.75 bits per heavy atom. The van der Waals surface area contributed by atoms with Gasteiger partial charge in [-0.1, -0.05) is 33.7 Å². The summed E-state index contributed by atoms with van der Waals surface area (Å²) >= 11 is 4.69. The highest BCUT2D eigenvalue weighted by molar-refractivity contribution is 8.76. The van der Waals surface area contributed by atoms with Crippen LogP contribution in [0.1, 0.15) is 74.3 Å². The molecule has 20 nitrogen and oxygen atoms in total. The molecule has 6 rings (SSSR count). The largest absolute Gasteiger partial charge is 0.507 e. The van der Waals surface area contributed by atoms with Crippen LogP contribution in [0.25, 0.3) is 0 Å². The summed E-state index contributed by atoms with van der Waals surface area (Å²) < 4.78 is 22.1. The van der Waals surface area contributed by atoms with Gasteiger partial charge in [-0.05, 0) is 50.2 Å². The number of aliphatic hydroxyl groups excluding tert-OH is 2. The minimum absolute atomic E-state index is 0.0383. The number of ketones is 3. The fraction of sp³-hybridized carbons (Fsp3) is 0.400. The van der Waals surface area contributed by atoms with Crippen LogP contribution in [0.4, 0.5) is 15.3 Å². The Labute approximate surface area is 372 Å². The summed E-state index contributed by atoms with van der Waals surface area (Å²) in [6.45, 7) is 0.470. The molecule has 0 spiro atoms.